The summed E-state index contributed by atoms with van der Waals surface area (Å²) < 4.78 is 7.73. The molecular weight excluding hydrogens is 262 g/mol. The number of hydrogen-bond donors (Lipinski definition) is 1. The highest BCUT2D eigenvalue weighted by Gasteiger charge is 2.15. The first-order chi connectivity index (χ1) is 10.4. The minimum absolute atomic E-state index is 0.638. The third kappa shape index (κ3) is 6.18. The Bertz CT molecular complexity index is 372. The maximum absolute atomic E-state index is 5.55. The van der Waals surface area contributed by atoms with E-state index in [4.69, 9.17) is 9.84 Å². The Hall–Kier alpha value is -0.870. The van der Waals surface area contributed by atoms with E-state index in [1.807, 2.05) is 0 Å². The average Bonchev–Trinajstić information content (AvgIpc) is 3.00. The van der Waals surface area contributed by atoms with Gasteiger partial charge in [-0.15, -0.1) is 0 Å². The van der Waals surface area contributed by atoms with E-state index in [0.717, 1.165) is 38.4 Å². The zero-order chi connectivity index (χ0) is 14.8. The van der Waals surface area contributed by atoms with E-state index in [0.29, 0.717) is 6.04 Å². The third-order valence-electron chi connectivity index (χ3n) is 4.20. The third-order valence-corrected chi connectivity index (χ3v) is 4.20. The van der Waals surface area contributed by atoms with Crippen LogP contribution in [0.4, 0.5) is 0 Å². The van der Waals surface area contributed by atoms with Crippen LogP contribution in [0.1, 0.15) is 70.0 Å². The van der Waals surface area contributed by atoms with E-state index >= 15 is 0 Å². The molecule has 0 unspecified atom stereocenters. The first-order valence-corrected chi connectivity index (χ1v) is 8.72. The van der Waals surface area contributed by atoms with Gasteiger partial charge in [0, 0.05) is 26.0 Å². The van der Waals surface area contributed by atoms with Crippen molar-refractivity contribution in [3.63, 3.8) is 0 Å². The number of nitrogens with one attached hydrogen (secondary N) is 1. The van der Waals surface area contributed by atoms with Crippen LogP contribution >= 0.6 is 0 Å². The van der Waals surface area contributed by atoms with Gasteiger partial charge in [0.2, 0.25) is 0 Å². The fourth-order valence-electron chi connectivity index (χ4n) is 2.88. The average molecular weight is 293 g/mol. The second-order valence-corrected chi connectivity index (χ2v) is 6.08. The maximum atomic E-state index is 5.55. The van der Waals surface area contributed by atoms with Crippen molar-refractivity contribution in [1.82, 2.24) is 15.1 Å². The smallest absolute Gasteiger partial charge is 0.0762 e. The SMILES string of the molecule is CCCCOCCCNCc1ccn(C2CCCCC2)n1. The quantitative estimate of drug-likeness (QED) is 0.669. The van der Waals surface area contributed by atoms with Gasteiger partial charge in [0.25, 0.3) is 0 Å². The molecule has 1 aliphatic rings. The van der Waals surface area contributed by atoms with E-state index in [1.54, 1.807) is 0 Å². The number of ether oxygens (including phenoxy) is 1. The van der Waals surface area contributed by atoms with Crippen molar-refractivity contribution in [2.24, 2.45) is 0 Å². The molecule has 0 bridgehead atoms. The van der Waals surface area contributed by atoms with Gasteiger partial charge >= 0.3 is 0 Å². The van der Waals surface area contributed by atoms with E-state index in [9.17, 15) is 0 Å². The standard InChI is InChI=1S/C17H31N3O/c1-2-3-13-21-14-7-11-18-15-16-10-12-20(19-16)17-8-5-4-6-9-17/h10,12,17-18H,2-9,11,13-15H2,1H3. The van der Waals surface area contributed by atoms with Crippen LogP contribution in [0.15, 0.2) is 12.3 Å². The Labute approximate surface area is 129 Å². The highest BCUT2D eigenvalue weighted by atomic mass is 16.5. The normalized spacial score (nSPS) is 16.4. The summed E-state index contributed by atoms with van der Waals surface area (Å²) in [6.45, 7) is 5.83. The van der Waals surface area contributed by atoms with E-state index in [1.165, 1.54) is 44.9 Å². The minimum atomic E-state index is 0.638. The topological polar surface area (TPSA) is 39.1 Å². The number of aromatic nitrogens is 2. The number of hydrogen-bond acceptors (Lipinski definition) is 3. The molecule has 0 amide bonds. The van der Waals surface area contributed by atoms with Crippen LogP contribution in [0, 0.1) is 0 Å². The molecule has 1 aliphatic carbocycles. The van der Waals surface area contributed by atoms with Crippen molar-refractivity contribution < 1.29 is 4.74 Å². The van der Waals surface area contributed by atoms with Crippen molar-refractivity contribution in [2.45, 2.75) is 70.9 Å². The molecule has 0 atom stereocenters. The number of unbranched alkanes of at least 4 members (excludes halogenated alkanes) is 1. The largest absolute Gasteiger partial charge is 0.381 e. The zero-order valence-electron chi connectivity index (χ0n) is 13.5. The van der Waals surface area contributed by atoms with Gasteiger partial charge in [-0.05, 0) is 38.3 Å². The Morgan fingerprint density at radius 1 is 1.24 bits per heavy atom. The molecule has 21 heavy (non-hydrogen) atoms. The Balaban J connectivity index is 1.55. The molecule has 1 fully saturated rings. The van der Waals surface area contributed by atoms with Crippen molar-refractivity contribution in [3.05, 3.63) is 18.0 Å². The molecule has 120 valence electrons. The molecule has 4 nitrogen and oxygen atoms in total. The monoisotopic (exact) mass is 293 g/mol. The van der Waals surface area contributed by atoms with E-state index < -0.39 is 0 Å². The fraction of sp³-hybridized carbons (Fsp3) is 0.824. The lowest BCUT2D eigenvalue weighted by atomic mass is 9.96. The van der Waals surface area contributed by atoms with Crippen LogP contribution < -0.4 is 5.32 Å². The second kappa shape index (κ2) is 9.96. The lowest BCUT2D eigenvalue weighted by Crippen LogP contribution is -2.18. The van der Waals surface area contributed by atoms with E-state index in [2.05, 4.69) is 29.2 Å². The van der Waals surface area contributed by atoms with Gasteiger partial charge in [-0.2, -0.15) is 5.10 Å². The summed E-state index contributed by atoms with van der Waals surface area (Å²) >= 11 is 0. The van der Waals surface area contributed by atoms with Crippen LogP contribution in [0.25, 0.3) is 0 Å². The van der Waals surface area contributed by atoms with Gasteiger partial charge in [-0.3, -0.25) is 4.68 Å². The molecule has 0 saturated heterocycles. The summed E-state index contributed by atoms with van der Waals surface area (Å²) in [5.41, 5.74) is 1.16. The summed E-state index contributed by atoms with van der Waals surface area (Å²) in [7, 11) is 0. The summed E-state index contributed by atoms with van der Waals surface area (Å²) in [5, 5.41) is 8.17. The van der Waals surface area contributed by atoms with Crippen LogP contribution in [-0.4, -0.2) is 29.5 Å². The Kier molecular flexibility index (Phi) is 7.82. The van der Waals surface area contributed by atoms with Crippen molar-refractivity contribution in [1.29, 1.82) is 0 Å². The molecule has 2 rings (SSSR count). The molecule has 0 radical (unpaired) electrons. The number of nitrogens with zero attached hydrogens (tertiary/aromatic N) is 2. The second-order valence-electron chi connectivity index (χ2n) is 6.08. The molecule has 1 heterocycles. The number of rotatable bonds is 10. The molecule has 1 saturated carbocycles. The molecular formula is C17H31N3O. The molecule has 1 N–H and O–H groups in total. The van der Waals surface area contributed by atoms with Crippen LogP contribution in [0.3, 0.4) is 0 Å². The van der Waals surface area contributed by atoms with Crippen molar-refractivity contribution >= 4 is 0 Å². The predicted molar refractivity (Wildman–Crippen MR) is 86.4 cm³/mol. The van der Waals surface area contributed by atoms with Gasteiger partial charge in [0.1, 0.15) is 0 Å². The van der Waals surface area contributed by atoms with Gasteiger partial charge in [0.05, 0.1) is 11.7 Å². The highest BCUT2D eigenvalue weighted by Crippen LogP contribution is 2.27. The van der Waals surface area contributed by atoms with Crippen LogP contribution in [0.5, 0.6) is 0 Å². The van der Waals surface area contributed by atoms with E-state index in [-0.39, 0.29) is 0 Å². The van der Waals surface area contributed by atoms with Crippen molar-refractivity contribution in [3.8, 4) is 0 Å². The molecule has 0 spiro atoms. The predicted octanol–water partition coefficient (Wildman–Crippen LogP) is 3.68. The summed E-state index contributed by atoms with van der Waals surface area (Å²) in [5.74, 6) is 0. The molecule has 0 aliphatic heterocycles. The fourth-order valence-corrected chi connectivity index (χ4v) is 2.88. The van der Waals surface area contributed by atoms with Gasteiger partial charge in [0.15, 0.2) is 0 Å². The maximum Gasteiger partial charge on any atom is 0.0762 e. The molecule has 4 heteroatoms. The lowest BCUT2D eigenvalue weighted by Gasteiger charge is -2.21. The van der Waals surface area contributed by atoms with Gasteiger partial charge < -0.3 is 10.1 Å². The highest BCUT2D eigenvalue weighted by molar-refractivity contribution is 4.99. The molecule has 1 aromatic rings. The summed E-state index contributed by atoms with van der Waals surface area (Å²) in [4.78, 5) is 0. The minimum Gasteiger partial charge on any atom is -0.381 e. The zero-order valence-corrected chi connectivity index (χ0v) is 13.5. The summed E-state index contributed by atoms with van der Waals surface area (Å²) in [6, 6.07) is 2.79. The van der Waals surface area contributed by atoms with Crippen molar-refractivity contribution in [2.75, 3.05) is 19.8 Å². The first kappa shape index (κ1) is 16.5. The van der Waals surface area contributed by atoms with Gasteiger partial charge in [-0.25, -0.2) is 0 Å². The molecule has 0 aromatic carbocycles. The first-order valence-electron chi connectivity index (χ1n) is 8.72. The summed E-state index contributed by atoms with van der Waals surface area (Å²) in [6.07, 6.45) is 12.3. The molecule has 1 aromatic heterocycles. The lowest BCUT2D eigenvalue weighted by molar-refractivity contribution is 0.128. The Morgan fingerprint density at radius 2 is 2.05 bits per heavy atom. The Morgan fingerprint density at radius 3 is 2.86 bits per heavy atom. The van der Waals surface area contributed by atoms with Crippen LogP contribution in [-0.2, 0) is 11.3 Å². The van der Waals surface area contributed by atoms with Gasteiger partial charge in [-0.1, -0.05) is 32.6 Å². The van der Waals surface area contributed by atoms with Crippen LogP contribution in [0.2, 0.25) is 0 Å².